The molecular weight excluding hydrogens is 226 g/mol. The van der Waals surface area contributed by atoms with Gasteiger partial charge < -0.3 is 15.4 Å². The van der Waals surface area contributed by atoms with E-state index in [0.29, 0.717) is 13.2 Å². The van der Waals surface area contributed by atoms with Crippen LogP contribution in [0.4, 0.5) is 4.79 Å². The highest BCUT2D eigenvalue weighted by Gasteiger charge is 2.02. The first-order chi connectivity index (χ1) is 7.83. The maximum Gasteiger partial charge on any atom is 0.407 e. The molecule has 1 amide bonds. The normalized spacial score (nSPS) is 10.1. The molecule has 0 radical (unpaired) electrons. The largest absolute Gasteiger partial charge is 0.444 e. The topological polar surface area (TPSA) is 63.2 Å². The third-order valence-electron chi connectivity index (χ3n) is 1.95. The summed E-state index contributed by atoms with van der Waals surface area (Å²) in [5, 5.41) is 5.75. The quantitative estimate of drug-likeness (QED) is 0.710. The van der Waals surface area contributed by atoms with E-state index in [4.69, 9.17) is 4.74 Å². The fourth-order valence-electron chi connectivity index (χ4n) is 1.12. The predicted octanol–water partition coefficient (Wildman–Crippen LogP) is 1.37. The number of unbranched alkanes of at least 4 members (excludes halogenated alkanes) is 1. The second kappa shape index (κ2) is 8.06. The van der Waals surface area contributed by atoms with Gasteiger partial charge in [-0.05, 0) is 26.4 Å². The molecule has 1 aromatic heterocycles. The fourth-order valence-corrected chi connectivity index (χ4v) is 1.62. The van der Waals surface area contributed by atoms with Crippen molar-refractivity contribution in [3.8, 4) is 0 Å². The molecule has 0 aliphatic carbocycles. The Labute approximate surface area is 99.2 Å². The maximum absolute atomic E-state index is 11.2. The Morgan fingerprint density at radius 2 is 2.31 bits per heavy atom. The Morgan fingerprint density at radius 1 is 1.50 bits per heavy atom. The number of aromatic nitrogens is 1. The summed E-state index contributed by atoms with van der Waals surface area (Å²) < 4.78 is 5.00. The van der Waals surface area contributed by atoms with Crippen LogP contribution in [0.5, 0.6) is 0 Å². The van der Waals surface area contributed by atoms with Crippen molar-refractivity contribution in [2.75, 3.05) is 20.1 Å². The van der Waals surface area contributed by atoms with Crippen LogP contribution in [0.2, 0.25) is 0 Å². The van der Waals surface area contributed by atoms with Crippen LogP contribution < -0.4 is 10.6 Å². The molecule has 0 unspecified atom stereocenters. The van der Waals surface area contributed by atoms with Crippen LogP contribution in [0.3, 0.4) is 0 Å². The molecule has 0 saturated carbocycles. The summed E-state index contributed by atoms with van der Waals surface area (Å²) in [6, 6.07) is 0. The molecule has 1 aromatic rings. The van der Waals surface area contributed by atoms with Gasteiger partial charge in [-0.25, -0.2) is 4.79 Å². The van der Waals surface area contributed by atoms with Crippen LogP contribution in [-0.2, 0) is 11.3 Å². The first kappa shape index (κ1) is 12.9. The number of nitrogens with zero attached hydrogens (tertiary/aromatic N) is 1. The highest BCUT2D eigenvalue weighted by Crippen LogP contribution is 2.06. The van der Waals surface area contributed by atoms with E-state index in [2.05, 4.69) is 15.6 Å². The lowest BCUT2D eigenvalue weighted by Crippen LogP contribution is -2.25. The minimum atomic E-state index is -0.363. The molecule has 6 heteroatoms. The average molecular weight is 243 g/mol. The Balaban J connectivity index is 1.99. The molecule has 0 aliphatic heterocycles. The zero-order valence-electron chi connectivity index (χ0n) is 9.36. The first-order valence-corrected chi connectivity index (χ1v) is 6.13. The maximum atomic E-state index is 11.2. The van der Waals surface area contributed by atoms with Crippen molar-refractivity contribution in [1.82, 2.24) is 15.6 Å². The molecule has 16 heavy (non-hydrogen) atoms. The molecule has 2 N–H and O–H groups in total. The van der Waals surface area contributed by atoms with E-state index in [0.717, 1.165) is 24.3 Å². The third-order valence-corrected chi connectivity index (χ3v) is 2.71. The van der Waals surface area contributed by atoms with E-state index in [9.17, 15) is 4.79 Å². The Morgan fingerprint density at radius 3 is 3.00 bits per heavy atom. The SMILES string of the molecule is CNCCCCNC(=O)OCc1cncs1. The van der Waals surface area contributed by atoms with Gasteiger partial charge in [-0.1, -0.05) is 0 Å². The minimum absolute atomic E-state index is 0.299. The van der Waals surface area contributed by atoms with Crippen molar-refractivity contribution >= 4 is 17.4 Å². The monoisotopic (exact) mass is 243 g/mol. The van der Waals surface area contributed by atoms with Gasteiger partial charge in [-0.2, -0.15) is 0 Å². The second-order valence-corrected chi connectivity index (χ2v) is 4.25. The van der Waals surface area contributed by atoms with Crippen LogP contribution in [0.25, 0.3) is 0 Å². The average Bonchev–Trinajstić information content (AvgIpc) is 2.79. The first-order valence-electron chi connectivity index (χ1n) is 5.25. The predicted molar refractivity (Wildman–Crippen MR) is 63.5 cm³/mol. The highest BCUT2D eigenvalue weighted by atomic mass is 32.1. The van der Waals surface area contributed by atoms with E-state index in [1.807, 2.05) is 7.05 Å². The lowest BCUT2D eigenvalue weighted by molar-refractivity contribution is 0.140. The molecule has 0 saturated heterocycles. The number of carbonyl (C=O) groups excluding carboxylic acids is 1. The molecule has 1 rings (SSSR count). The van der Waals surface area contributed by atoms with Crippen LogP contribution >= 0.6 is 11.3 Å². The van der Waals surface area contributed by atoms with Crippen LogP contribution in [0.15, 0.2) is 11.7 Å². The van der Waals surface area contributed by atoms with E-state index < -0.39 is 0 Å². The van der Waals surface area contributed by atoms with Crippen LogP contribution in [0, 0.1) is 0 Å². The fraction of sp³-hybridized carbons (Fsp3) is 0.600. The minimum Gasteiger partial charge on any atom is -0.444 e. The summed E-state index contributed by atoms with van der Waals surface area (Å²) >= 11 is 1.48. The molecule has 0 atom stereocenters. The molecule has 90 valence electrons. The summed E-state index contributed by atoms with van der Waals surface area (Å²) in [7, 11) is 1.91. The number of carbonyl (C=O) groups is 1. The second-order valence-electron chi connectivity index (χ2n) is 3.28. The molecule has 0 aromatic carbocycles. The van der Waals surface area contributed by atoms with Gasteiger partial charge in [0.1, 0.15) is 6.61 Å². The molecule has 0 spiro atoms. The molecule has 1 heterocycles. The smallest absolute Gasteiger partial charge is 0.407 e. The number of amides is 1. The van der Waals surface area contributed by atoms with Crippen molar-refractivity contribution in [2.24, 2.45) is 0 Å². The zero-order valence-corrected chi connectivity index (χ0v) is 10.2. The van der Waals surface area contributed by atoms with E-state index in [1.54, 1.807) is 11.7 Å². The van der Waals surface area contributed by atoms with Gasteiger partial charge in [0.25, 0.3) is 0 Å². The summed E-state index contributed by atoms with van der Waals surface area (Å²) in [5.74, 6) is 0. The molecule has 5 nitrogen and oxygen atoms in total. The third kappa shape index (κ3) is 5.67. The van der Waals surface area contributed by atoms with Crippen molar-refractivity contribution < 1.29 is 9.53 Å². The van der Waals surface area contributed by atoms with Gasteiger partial charge in [-0.15, -0.1) is 11.3 Å². The van der Waals surface area contributed by atoms with E-state index >= 15 is 0 Å². The van der Waals surface area contributed by atoms with Crippen LogP contribution in [0.1, 0.15) is 17.7 Å². The molecular formula is C10H17N3O2S. The molecule has 0 fully saturated rings. The van der Waals surface area contributed by atoms with Gasteiger partial charge in [0, 0.05) is 12.7 Å². The number of hydrogen-bond acceptors (Lipinski definition) is 5. The lowest BCUT2D eigenvalue weighted by atomic mass is 10.3. The van der Waals surface area contributed by atoms with Gasteiger partial charge in [0.15, 0.2) is 0 Å². The number of alkyl carbamates (subject to hydrolysis) is 1. The van der Waals surface area contributed by atoms with Gasteiger partial charge in [0.05, 0.1) is 10.4 Å². The Kier molecular flexibility index (Phi) is 6.52. The number of nitrogens with one attached hydrogen (secondary N) is 2. The summed E-state index contributed by atoms with van der Waals surface area (Å²) in [5.41, 5.74) is 1.72. The van der Waals surface area contributed by atoms with E-state index in [-0.39, 0.29) is 6.09 Å². The standard InChI is InChI=1S/C10H17N3O2S/c1-11-4-2-3-5-13-10(14)15-7-9-6-12-8-16-9/h6,8,11H,2-5,7H2,1H3,(H,13,14). The van der Waals surface area contributed by atoms with Crippen molar-refractivity contribution in [3.63, 3.8) is 0 Å². The summed E-state index contributed by atoms with van der Waals surface area (Å²) in [6.45, 7) is 1.92. The van der Waals surface area contributed by atoms with Crippen molar-refractivity contribution in [1.29, 1.82) is 0 Å². The van der Waals surface area contributed by atoms with Crippen molar-refractivity contribution in [3.05, 3.63) is 16.6 Å². The van der Waals surface area contributed by atoms with Gasteiger partial charge in [0.2, 0.25) is 0 Å². The Bertz CT molecular complexity index is 290. The van der Waals surface area contributed by atoms with Crippen LogP contribution in [-0.4, -0.2) is 31.2 Å². The van der Waals surface area contributed by atoms with Gasteiger partial charge >= 0.3 is 6.09 Å². The lowest BCUT2D eigenvalue weighted by Gasteiger charge is -2.05. The summed E-state index contributed by atoms with van der Waals surface area (Å²) in [6.07, 6.45) is 3.34. The number of rotatable bonds is 7. The van der Waals surface area contributed by atoms with Gasteiger partial charge in [-0.3, -0.25) is 4.98 Å². The number of hydrogen-bond donors (Lipinski definition) is 2. The molecule has 0 bridgehead atoms. The number of thiazole rings is 1. The zero-order chi connectivity index (χ0) is 11.6. The highest BCUT2D eigenvalue weighted by molar-refractivity contribution is 7.09. The van der Waals surface area contributed by atoms with Crippen molar-refractivity contribution in [2.45, 2.75) is 19.4 Å². The van der Waals surface area contributed by atoms with E-state index in [1.165, 1.54) is 11.3 Å². The number of ether oxygens (including phenoxy) is 1. The summed E-state index contributed by atoms with van der Waals surface area (Å²) in [4.78, 5) is 16.1. The molecule has 0 aliphatic rings. The Hall–Kier alpha value is -1.14.